The number of hydrogen-bond acceptors (Lipinski definition) is 4. The van der Waals surface area contributed by atoms with E-state index in [2.05, 4.69) is 5.16 Å². The Labute approximate surface area is 129 Å². The van der Waals surface area contributed by atoms with E-state index in [1.165, 1.54) is 6.20 Å². The third-order valence-corrected chi connectivity index (χ3v) is 4.49. The van der Waals surface area contributed by atoms with Crippen LogP contribution in [0.25, 0.3) is 0 Å². The molecule has 2 aromatic rings. The lowest BCUT2D eigenvalue weighted by molar-refractivity contribution is 0.103. The second kappa shape index (κ2) is 5.73. The van der Waals surface area contributed by atoms with Crippen molar-refractivity contribution in [2.75, 3.05) is 6.26 Å². The number of ketones is 1. The van der Waals surface area contributed by atoms with E-state index in [4.69, 9.17) is 16.1 Å². The average Bonchev–Trinajstić information content (AvgIpc) is 3.15. The summed E-state index contributed by atoms with van der Waals surface area (Å²) in [5, 5.41) is 4.10. The van der Waals surface area contributed by atoms with Gasteiger partial charge in [-0.1, -0.05) is 22.8 Å². The van der Waals surface area contributed by atoms with E-state index < -0.39 is 10.8 Å². The highest BCUT2D eigenvalue weighted by Gasteiger charge is 2.33. The smallest absolute Gasteiger partial charge is 0.199 e. The first-order valence-electron chi connectivity index (χ1n) is 6.64. The Morgan fingerprint density at radius 1 is 1.43 bits per heavy atom. The number of carbonyl (C=O) groups is 1. The second-order valence-corrected chi connectivity index (χ2v) is 7.08. The SMILES string of the molecule is CS(=O)Cc1ccc(C(=O)c2cnoc2C2CC2)c(Cl)c1. The summed E-state index contributed by atoms with van der Waals surface area (Å²) in [6.45, 7) is 0. The number of halogens is 1. The number of aromatic nitrogens is 1. The molecule has 21 heavy (non-hydrogen) atoms. The average molecular weight is 324 g/mol. The van der Waals surface area contributed by atoms with Crippen molar-refractivity contribution in [2.45, 2.75) is 24.5 Å². The lowest BCUT2D eigenvalue weighted by Crippen LogP contribution is -2.04. The molecular weight excluding hydrogens is 310 g/mol. The fraction of sp³-hybridized carbons (Fsp3) is 0.333. The summed E-state index contributed by atoms with van der Waals surface area (Å²) in [6, 6.07) is 5.15. The first-order chi connectivity index (χ1) is 10.1. The van der Waals surface area contributed by atoms with E-state index >= 15 is 0 Å². The number of benzene rings is 1. The predicted octanol–water partition coefficient (Wildman–Crippen LogP) is 3.31. The quantitative estimate of drug-likeness (QED) is 0.792. The van der Waals surface area contributed by atoms with E-state index in [1.807, 2.05) is 0 Å². The van der Waals surface area contributed by atoms with Crippen molar-refractivity contribution < 1.29 is 13.5 Å². The van der Waals surface area contributed by atoms with E-state index in [9.17, 15) is 9.00 Å². The number of nitrogens with zero attached hydrogens (tertiary/aromatic N) is 1. The monoisotopic (exact) mass is 323 g/mol. The van der Waals surface area contributed by atoms with Crippen molar-refractivity contribution in [1.29, 1.82) is 0 Å². The first-order valence-corrected chi connectivity index (χ1v) is 8.74. The van der Waals surface area contributed by atoms with E-state index in [0.717, 1.165) is 18.4 Å². The van der Waals surface area contributed by atoms with E-state index in [0.29, 0.717) is 33.6 Å². The predicted molar refractivity (Wildman–Crippen MR) is 81.1 cm³/mol. The minimum absolute atomic E-state index is 0.174. The van der Waals surface area contributed by atoms with Crippen LogP contribution in [0.1, 0.15) is 46.0 Å². The molecule has 1 aromatic heterocycles. The van der Waals surface area contributed by atoms with Gasteiger partial charge < -0.3 is 4.52 Å². The van der Waals surface area contributed by atoms with Crippen LogP contribution in [-0.4, -0.2) is 21.4 Å². The fourth-order valence-electron chi connectivity index (χ4n) is 2.27. The van der Waals surface area contributed by atoms with Crippen LogP contribution in [0, 0.1) is 0 Å². The molecule has 110 valence electrons. The molecule has 1 atom stereocenters. The van der Waals surface area contributed by atoms with Gasteiger partial charge in [0.1, 0.15) is 0 Å². The van der Waals surface area contributed by atoms with Crippen molar-refractivity contribution in [2.24, 2.45) is 0 Å². The maximum atomic E-state index is 12.6. The molecular formula is C15H14ClNO3S. The van der Waals surface area contributed by atoms with Crippen LogP contribution in [0.15, 0.2) is 28.9 Å². The molecule has 0 N–H and O–H groups in total. The maximum Gasteiger partial charge on any atom is 0.199 e. The van der Waals surface area contributed by atoms with Gasteiger partial charge in [-0.15, -0.1) is 0 Å². The molecule has 0 amide bonds. The lowest BCUT2D eigenvalue weighted by Gasteiger charge is -2.05. The standard InChI is InChI=1S/C15H14ClNO3S/c1-21(19)8-9-2-5-11(13(16)6-9)14(18)12-7-17-20-15(12)10-3-4-10/h2,5-7,10H,3-4,8H2,1H3. The number of rotatable bonds is 5. The first kappa shape index (κ1) is 14.5. The van der Waals surface area contributed by atoms with E-state index in [-0.39, 0.29) is 5.78 Å². The minimum atomic E-state index is -0.942. The van der Waals surface area contributed by atoms with Gasteiger partial charge >= 0.3 is 0 Å². The third-order valence-electron chi connectivity index (χ3n) is 3.44. The minimum Gasteiger partial charge on any atom is -0.360 e. The number of carbonyl (C=O) groups excluding carboxylic acids is 1. The summed E-state index contributed by atoms with van der Waals surface area (Å²) in [4.78, 5) is 12.6. The molecule has 0 aliphatic heterocycles. The van der Waals surface area contributed by atoms with Gasteiger partial charge in [0.15, 0.2) is 11.5 Å². The summed E-state index contributed by atoms with van der Waals surface area (Å²) >= 11 is 6.20. The van der Waals surface area contributed by atoms with Crippen LogP contribution >= 0.6 is 11.6 Å². The Hall–Kier alpha value is -1.46. The van der Waals surface area contributed by atoms with Crippen LogP contribution in [0.4, 0.5) is 0 Å². The fourth-order valence-corrected chi connectivity index (χ4v) is 3.21. The molecule has 0 radical (unpaired) electrons. The van der Waals surface area contributed by atoms with Crippen LogP contribution < -0.4 is 0 Å². The zero-order chi connectivity index (χ0) is 15.0. The van der Waals surface area contributed by atoms with Gasteiger partial charge in [-0.05, 0) is 30.5 Å². The van der Waals surface area contributed by atoms with Crippen LogP contribution in [0.5, 0.6) is 0 Å². The summed E-state index contributed by atoms with van der Waals surface area (Å²) in [5.41, 5.74) is 1.77. The molecule has 1 unspecified atom stereocenters. The van der Waals surface area contributed by atoms with Crippen molar-refractivity contribution in [3.63, 3.8) is 0 Å². The Morgan fingerprint density at radius 3 is 2.81 bits per heavy atom. The van der Waals surface area contributed by atoms with Gasteiger partial charge in [-0.3, -0.25) is 9.00 Å². The maximum absolute atomic E-state index is 12.6. The number of hydrogen-bond donors (Lipinski definition) is 0. The molecule has 1 fully saturated rings. The molecule has 1 aliphatic rings. The Kier molecular flexibility index (Phi) is 3.95. The van der Waals surface area contributed by atoms with Crippen molar-refractivity contribution >= 4 is 28.2 Å². The molecule has 1 aromatic carbocycles. The molecule has 0 spiro atoms. The van der Waals surface area contributed by atoms with Crippen molar-refractivity contribution in [3.8, 4) is 0 Å². The van der Waals surface area contributed by atoms with Crippen LogP contribution in [0.3, 0.4) is 0 Å². The summed E-state index contributed by atoms with van der Waals surface area (Å²) in [5.74, 6) is 1.23. The molecule has 6 heteroatoms. The molecule has 1 aliphatic carbocycles. The molecule has 4 nitrogen and oxygen atoms in total. The van der Waals surface area contributed by atoms with E-state index in [1.54, 1.807) is 24.5 Å². The van der Waals surface area contributed by atoms with Crippen molar-refractivity contribution in [1.82, 2.24) is 5.16 Å². The van der Waals surface area contributed by atoms with Gasteiger partial charge in [0.2, 0.25) is 0 Å². The Bertz CT molecular complexity index is 721. The molecule has 1 saturated carbocycles. The van der Waals surface area contributed by atoms with Crippen LogP contribution in [0.2, 0.25) is 5.02 Å². The largest absolute Gasteiger partial charge is 0.360 e. The third kappa shape index (κ3) is 3.09. The Balaban J connectivity index is 1.90. The molecule has 3 rings (SSSR count). The highest BCUT2D eigenvalue weighted by atomic mass is 35.5. The molecule has 0 bridgehead atoms. The van der Waals surface area contributed by atoms with Gasteiger partial charge in [0.25, 0.3) is 0 Å². The van der Waals surface area contributed by atoms with Crippen molar-refractivity contribution in [3.05, 3.63) is 51.9 Å². The van der Waals surface area contributed by atoms with Gasteiger partial charge in [0.05, 0.1) is 16.8 Å². The molecule has 1 heterocycles. The normalized spacial score (nSPS) is 15.9. The zero-order valence-electron chi connectivity index (χ0n) is 11.5. The molecule has 0 saturated heterocycles. The lowest BCUT2D eigenvalue weighted by atomic mass is 10.0. The zero-order valence-corrected chi connectivity index (χ0v) is 13.0. The van der Waals surface area contributed by atoms with Gasteiger partial charge in [-0.25, -0.2) is 0 Å². The van der Waals surface area contributed by atoms with Gasteiger partial charge in [-0.2, -0.15) is 0 Å². The van der Waals surface area contributed by atoms with Crippen LogP contribution in [-0.2, 0) is 16.6 Å². The Morgan fingerprint density at radius 2 is 2.19 bits per heavy atom. The summed E-state index contributed by atoms with van der Waals surface area (Å²) in [7, 11) is -0.942. The van der Waals surface area contributed by atoms with Gasteiger partial charge in [0, 0.05) is 34.3 Å². The highest BCUT2D eigenvalue weighted by Crippen LogP contribution is 2.42. The summed E-state index contributed by atoms with van der Waals surface area (Å²) in [6.07, 6.45) is 5.16. The second-order valence-electron chi connectivity index (χ2n) is 5.24. The topological polar surface area (TPSA) is 60.2 Å². The summed E-state index contributed by atoms with van der Waals surface area (Å²) < 4.78 is 16.4. The highest BCUT2D eigenvalue weighted by molar-refractivity contribution is 7.83.